The van der Waals surface area contributed by atoms with Gasteiger partial charge in [-0.3, -0.25) is 0 Å². The molecule has 19 heavy (non-hydrogen) atoms. The summed E-state index contributed by atoms with van der Waals surface area (Å²) in [5.74, 6) is 0. The molecule has 0 amide bonds. The molecule has 0 bridgehead atoms. The number of hydrogen-bond acceptors (Lipinski definition) is 4. The Kier molecular flexibility index (Phi) is 4.11. The monoisotopic (exact) mass is 289 g/mol. The van der Waals surface area contributed by atoms with E-state index < -0.39 is 0 Å². The van der Waals surface area contributed by atoms with E-state index in [-0.39, 0.29) is 11.4 Å². The van der Waals surface area contributed by atoms with Crippen molar-refractivity contribution in [3.63, 3.8) is 0 Å². The van der Waals surface area contributed by atoms with Crippen molar-refractivity contribution in [3.05, 3.63) is 59.8 Å². The standard InChI is InChI=1S/C15H15NOS2/c17-13-9-8-11-5-1-2-6-12(11)15(13)19-18-14-7-3-4-10-16-14/h1-7,10,13,15,17H,8-9H2/t13-,15-/m0/s1. The highest BCUT2D eigenvalue weighted by atomic mass is 33.1. The van der Waals surface area contributed by atoms with Crippen LogP contribution in [0.4, 0.5) is 0 Å². The van der Waals surface area contributed by atoms with Gasteiger partial charge >= 0.3 is 0 Å². The Bertz CT molecular complexity index is 547. The van der Waals surface area contributed by atoms with Gasteiger partial charge in [0.05, 0.1) is 11.4 Å². The summed E-state index contributed by atoms with van der Waals surface area (Å²) >= 11 is 0. The normalized spacial score (nSPS) is 21.9. The summed E-state index contributed by atoms with van der Waals surface area (Å²) in [6, 6.07) is 14.3. The number of benzene rings is 1. The third kappa shape index (κ3) is 2.96. The molecule has 0 aliphatic heterocycles. The average molecular weight is 289 g/mol. The Morgan fingerprint density at radius 3 is 2.79 bits per heavy atom. The number of hydrogen-bond donors (Lipinski definition) is 1. The molecule has 2 nitrogen and oxygen atoms in total. The van der Waals surface area contributed by atoms with Crippen molar-refractivity contribution in [1.82, 2.24) is 4.98 Å². The molecular formula is C15H15NOS2. The van der Waals surface area contributed by atoms with Gasteiger partial charge < -0.3 is 5.11 Å². The van der Waals surface area contributed by atoms with Crippen LogP contribution in [0.5, 0.6) is 0 Å². The second-order valence-electron chi connectivity index (χ2n) is 4.57. The highest BCUT2D eigenvalue weighted by molar-refractivity contribution is 8.76. The first-order valence-corrected chi connectivity index (χ1v) is 8.56. The molecular weight excluding hydrogens is 274 g/mol. The zero-order valence-corrected chi connectivity index (χ0v) is 12.0. The molecule has 1 heterocycles. The maximum Gasteiger partial charge on any atom is 0.106 e. The van der Waals surface area contributed by atoms with E-state index in [2.05, 4.69) is 29.2 Å². The fraction of sp³-hybridized carbons (Fsp3) is 0.267. The van der Waals surface area contributed by atoms with Gasteiger partial charge in [0.2, 0.25) is 0 Å². The summed E-state index contributed by atoms with van der Waals surface area (Å²) in [4.78, 5) is 4.30. The SMILES string of the molecule is O[C@H]1CCc2ccccc2[C@@H]1SSc1ccccn1. The smallest absolute Gasteiger partial charge is 0.106 e. The molecule has 1 aromatic heterocycles. The van der Waals surface area contributed by atoms with Crippen LogP contribution >= 0.6 is 21.6 Å². The first-order chi connectivity index (χ1) is 9.34. The van der Waals surface area contributed by atoms with Crippen molar-refractivity contribution >= 4 is 21.6 Å². The van der Waals surface area contributed by atoms with E-state index in [1.807, 2.05) is 18.2 Å². The molecule has 1 aromatic carbocycles. The second-order valence-corrected chi connectivity index (χ2v) is 6.94. The minimum Gasteiger partial charge on any atom is -0.392 e. The minimum atomic E-state index is -0.267. The first kappa shape index (κ1) is 13.0. The van der Waals surface area contributed by atoms with Crippen molar-refractivity contribution in [2.24, 2.45) is 0 Å². The summed E-state index contributed by atoms with van der Waals surface area (Å²) in [5, 5.41) is 11.4. The molecule has 0 saturated heterocycles. The van der Waals surface area contributed by atoms with Gasteiger partial charge in [-0.05, 0) is 46.9 Å². The maximum atomic E-state index is 10.2. The van der Waals surface area contributed by atoms with Crippen LogP contribution in [0, 0.1) is 0 Å². The van der Waals surface area contributed by atoms with E-state index in [0.717, 1.165) is 17.9 Å². The molecule has 0 spiro atoms. The molecule has 98 valence electrons. The number of rotatable bonds is 3. The molecule has 2 atom stereocenters. The molecule has 2 aromatic rings. The van der Waals surface area contributed by atoms with E-state index in [4.69, 9.17) is 0 Å². The van der Waals surface area contributed by atoms with Crippen LogP contribution in [0.2, 0.25) is 0 Å². The second kappa shape index (κ2) is 5.99. The lowest BCUT2D eigenvalue weighted by Gasteiger charge is -2.29. The van der Waals surface area contributed by atoms with Gasteiger partial charge in [-0.25, -0.2) is 4.98 Å². The van der Waals surface area contributed by atoms with Crippen LogP contribution in [0.25, 0.3) is 0 Å². The van der Waals surface area contributed by atoms with Crippen LogP contribution in [0.15, 0.2) is 53.7 Å². The topological polar surface area (TPSA) is 33.1 Å². The van der Waals surface area contributed by atoms with Crippen LogP contribution in [-0.4, -0.2) is 16.2 Å². The lowest BCUT2D eigenvalue weighted by molar-refractivity contribution is 0.155. The van der Waals surface area contributed by atoms with Gasteiger partial charge in [-0.1, -0.05) is 41.1 Å². The molecule has 0 saturated carbocycles. The highest BCUT2D eigenvalue weighted by Gasteiger charge is 2.28. The lowest BCUT2D eigenvalue weighted by atomic mass is 9.89. The number of aliphatic hydroxyl groups is 1. The van der Waals surface area contributed by atoms with Gasteiger partial charge in [0.1, 0.15) is 5.03 Å². The quantitative estimate of drug-likeness (QED) is 0.870. The van der Waals surface area contributed by atoms with E-state index in [1.54, 1.807) is 27.8 Å². The zero-order chi connectivity index (χ0) is 13.1. The third-order valence-electron chi connectivity index (χ3n) is 3.30. The summed E-state index contributed by atoms with van der Waals surface area (Å²) in [7, 11) is 3.35. The maximum absolute atomic E-state index is 10.2. The fourth-order valence-electron chi connectivity index (χ4n) is 2.31. The Labute approximate surface area is 121 Å². The molecule has 4 heteroatoms. The van der Waals surface area contributed by atoms with Crippen LogP contribution in [-0.2, 0) is 6.42 Å². The third-order valence-corrected chi connectivity index (χ3v) is 6.00. The van der Waals surface area contributed by atoms with Crippen molar-refractivity contribution in [2.75, 3.05) is 0 Å². The van der Waals surface area contributed by atoms with E-state index in [0.29, 0.717) is 0 Å². The molecule has 1 N–H and O–H groups in total. The van der Waals surface area contributed by atoms with Gasteiger partial charge in [0.15, 0.2) is 0 Å². The van der Waals surface area contributed by atoms with Crippen molar-refractivity contribution < 1.29 is 5.11 Å². The zero-order valence-electron chi connectivity index (χ0n) is 10.4. The minimum absolute atomic E-state index is 0.136. The number of aromatic nitrogens is 1. The molecule has 0 fully saturated rings. The van der Waals surface area contributed by atoms with Crippen molar-refractivity contribution in [1.29, 1.82) is 0 Å². The predicted octanol–water partition coefficient (Wildman–Crippen LogP) is 3.87. The van der Waals surface area contributed by atoms with Crippen LogP contribution in [0.3, 0.4) is 0 Å². The molecule has 3 rings (SSSR count). The first-order valence-electron chi connectivity index (χ1n) is 6.35. The lowest BCUT2D eigenvalue weighted by Crippen LogP contribution is -2.22. The molecule has 0 radical (unpaired) electrons. The van der Waals surface area contributed by atoms with E-state index >= 15 is 0 Å². The fourth-order valence-corrected chi connectivity index (χ4v) is 4.95. The predicted molar refractivity (Wildman–Crippen MR) is 81.2 cm³/mol. The van der Waals surface area contributed by atoms with Crippen LogP contribution in [0.1, 0.15) is 22.8 Å². The summed E-state index contributed by atoms with van der Waals surface area (Å²) < 4.78 is 0. The van der Waals surface area contributed by atoms with Gasteiger partial charge in [0, 0.05) is 6.20 Å². The van der Waals surface area contributed by atoms with Gasteiger partial charge in [-0.2, -0.15) is 0 Å². The van der Waals surface area contributed by atoms with Gasteiger partial charge in [-0.15, -0.1) is 0 Å². The Balaban J connectivity index is 1.77. The number of aryl methyl sites for hydroxylation is 1. The number of nitrogens with zero attached hydrogens (tertiary/aromatic N) is 1. The van der Waals surface area contributed by atoms with Crippen molar-refractivity contribution in [2.45, 2.75) is 29.2 Å². The van der Waals surface area contributed by atoms with E-state index in [1.165, 1.54) is 11.1 Å². The molecule has 0 unspecified atom stereocenters. The number of fused-ring (bicyclic) bond motifs is 1. The highest BCUT2D eigenvalue weighted by Crippen LogP contribution is 2.47. The summed E-state index contributed by atoms with van der Waals surface area (Å²) in [6.45, 7) is 0. The van der Waals surface area contributed by atoms with Crippen LogP contribution < -0.4 is 0 Å². The van der Waals surface area contributed by atoms with Crippen molar-refractivity contribution in [3.8, 4) is 0 Å². The van der Waals surface area contributed by atoms with E-state index in [9.17, 15) is 5.11 Å². The number of pyridine rings is 1. The Hall–Kier alpha value is -0.970. The molecule has 1 aliphatic rings. The average Bonchev–Trinajstić information content (AvgIpc) is 2.47. The Morgan fingerprint density at radius 2 is 1.95 bits per heavy atom. The summed E-state index contributed by atoms with van der Waals surface area (Å²) in [5.41, 5.74) is 2.64. The largest absolute Gasteiger partial charge is 0.392 e. The number of aliphatic hydroxyl groups excluding tert-OH is 1. The Morgan fingerprint density at radius 1 is 1.11 bits per heavy atom. The van der Waals surface area contributed by atoms with Gasteiger partial charge in [0.25, 0.3) is 0 Å². The summed E-state index contributed by atoms with van der Waals surface area (Å²) in [6.07, 6.45) is 3.35. The molecule has 1 aliphatic carbocycles.